The highest BCUT2D eigenvalue weighted by Crippen LogP contribution is 2.32. The molecular formula is C10H21Cl. The summed E-state index contributed by atoms with van der Waals surface area (Å²) < 4.78 is 0. The largest absolute Gasteiger partial charge is 0.119 e. The maximum atomic E-state index is 6.44. The van der Waals surface area contributed by atoms with Gasteiger partial charge in [-0.05, 0) is 19.3 Å². The van der Waals surface area contributed by atoms with Crippen molar-refractivity contribution in [2.75, 3.05) is 0 Å². The Labute approximate surface area is 76.3 Å². The van der Waals surface area contributed by atoms with E-state index in [0.29, 0.717) is 0 Å². The Bertz CT molecular complexity index is 71.9. The SMILES string of the molecule is CCCC(Cl)(CCC)CCC. The summed E-state index contributed by atoms with van der Waals surface area (Å²) in [7, 11) is 0. The second-order valence-corrected chi connectivity index (χ2v) is 4.20. The van der Waals surface area contributed by atoms with Crippen LogP contribution in [0.3, 0.4) is 0 Å². The number of alkyl halides is 1. The van der Waals surface area contributed by atoms with Crippen molar-refractivity contribution < 1.29 is 0 Å². The summed E-state index contributed by atoms with van der Waals surface area (Å²) in [4.78, 5) is 0.123. The average Bonchev–Trinajstić information content (AvgIpc) is 1.88. The Morgan fingerprint density at radius 1 is 0.818 bits per heavy atom. The summed E-state index contributed by atoms with van der Waals surface area (Å²) in [5, 5.41) is 0. The Morgan fingerprint density at radius 3 is 1.27 bits per heavy atom. The van der Waals surface area contributed by atoms with Crippen molar-refractivity contribution in [3.05, 3.63) is 0 Å². The van der Waals surface area contributed by atoms with Crippen molar-refractivity contribution in [1.82, 2.24) is 0 Å². The minimum absolute atomic E-state index is 0.123. The normalized spacial score (nSPS) is 12.0. The van der Waals surface area contributed by atoms with Gasteiger partial charge in [-0.3, -0.25) is 0 Å². The van der Waals surface area contributed by atoms with Crippen LogP contribution in [0.15, 0.2) is 0 Å². The lowest BCUT2D eigenvalue weighted by Gasteiger charge is -2.25. The quantitative estimate of drug-likeness (QED) is 0.528. The summed E-state index contributed by atoms with van der Waals surface area (Å²) >= 11 is 6.44. The fourth-order valence-electron chi connectivity index (χ4n) is 1.72. The lowest BCUT2D eigenvalue weighted by Crippen LogP contribution is -2.20. The first-order valence-corrected chi connectivity index (χ1v) is 5.25. The Balaban J connectivity index is 3.79. The molecule has 0 aromatic rings. The molecule has 0 saturated carbocycles. The summed E-state index contributed by atoms with van der Waals surface area (Å²) in [6.45, 7) is 6.63. The molecule has 0 amide bonds. The van der Waals surface area contributed by atoms with Crippen LogP contribution in [0.25, 0.3) is 0 Å². The Morgan fingerprint density at radius 2 is 1.09 bits per heavy atom. The van der Waals surface area contributed by atoms with Gasteiger partial charge in [0, 0.05) is 4.87 Å². The monoisotopic (exact) mass is 176 g/mol. The van der Waals surface area contributed by atoms with Gasteiger partial charge in [-0.25, -0.2) is 0 Å². The van der Waals surface area contributed by atoms with E-state index in [2.05, 4.69) is 20.8 Å². The Kier molecular flexibility index (Phi) is 6.03. The molecule has 0 aromatic carbocycles. The first-order chi connectivity index (χ1) is 5.18. The third kappa shape index (κ3) is 4.68. The summed E-state index contributed by atoms with van der Waals surface area (Å²) in [6, 6.07) is 0. The van der Waals surface area contributed by atoms with Crippen molar-refractivity contribution >= 4 is 11.6 Å². The molecule has 0 N–H and O–H groups in total. The molecule has 0 aliphatic carbocycles. The van der Waals surface area contributed by atoms with Crippen LogP contribution in [0.5, 0.6) is 0 Å². The van der Waals surface area contributed by atoms with Crippen LogP contribution >= 0.6 is 11.6 Å². The molecule has 0 spiro atoms. The van der Waals surface area contributed by atoms with E-state index >= 15 is 0 Å². The van der Waals surface area contributed by atoms with Crippen molar-refractivity contribution in [2.45, 2.75) is 64.2 Å². The van der Waals surface area contributed by atoms with Gasteiger partial charge in [0.1, 0.15) is 0 Å². The van der Waals surface area contributed by atoms with Gasteiger partial charge < -0.3 is 0 Å². The highest BCUT2D eigenvalue weighted by atomic mass is 35.5. The number of hydrogen-bond donors (Lipinski definition) is 0. The van der Waals surface area contributed by atoms with E-state index < -0.39 is 0 Å². The van der Waals surface area contributed by atoms with Gasteiger partial charge in [-0.1, -0.05) is 40.0 Å². The standard InChI is InChI=1S/C10H21Cl/c1-4-7-10(11,8-5-2)9-6-3/h4-9H2,1-3H3. The second kappa shape index (κ2) is 5.88. The van der Waals surface area contributed by atoms with E-state index in [0.717, 1.165) is 0 Å². The van der Waals surface area contributed by atoms with E-state index in [9.17, 15) is 0 Å². The van der Waals surface area contributed by atoms with Gasteiger partial charge in [-0.2, -0.15) is 0 Å². The molecule has 11 heavy (non-hydrogen) atoms. The maximum Gasteiger partial charge on any atom is 0.0446 e. The van der Waals surface area contributed by atoms with Gasteiger partial charge >= 0.3 is 0 Å². The minimum atomic E-state index is 0.123. The van der Waals surface area contributed by atoms with Crippen LogP contribution in [-0.2, 0) is 0 Å². The average molecular weight is 177 g/mol. The molecule has 0 aromatic heterocycles. The van der Waals surface area contributed by atoms with Crippen LogP contribution in [0.2, 0.25) is 0 Å². The van der Waals surface area contributed by atoms with Crippen LogP contribution < -0.4 is 0 Å². The van der Waals surface area contributed by atoms with Crippen molar-refractivity contribution in [2.24, 2.45) is 0 Å². The van der Waals surface area contributed by atoms with Crippen LogP contribution in [0.1, 0.15) is 59.3 Å². The van der Waals surface area contributed by atoms with E-state index in [1.807, 2.05) is 0 Å². The summed E-state index contributed by atoms with van der Waals surface area (Å²) in [6.07, 6.45) is 7.17. The smallest absolute Gasteiger partial charge is 0.0446 e. The third-order valence-corrected chi connectivity index (χ3v) is 2.66. The molecule has 0 aliphatic heterocycles. The van der Waals surface area contributed by atoms with Gasteiger partial charge in [0.25, 0.3) is 0 Å². The van der Waals surface area contributed by atoms with Crippen LogP contribution in [-0.4, -0.2) is 4.87 Å². The molecule has 0 atom stereocenters. The molecule has 1 heteroatoms. The Hall–Kier alpha value is 0.290. The molecule has 0 unspecified atom stereocenters. The number of rotatable bonds is 6. The van der Waals surface area contributed by atoms with Gasteiger partial charge in [-0.15, -0.1) is 11.6 Å². The van der Waals surface area contributed by atoms with E-state index in [-0.39, 0.29) is 4.87 Å². The topological polar surface area (TPSA) is 0 Å². The maximum absolute atomic E-state index is 6.44. The number of halogens is 1. The van der Waals surface area contributed by atoms with E-state index in [4.69, 9.17) is 11.6 Å². The zero-order chi connectivity index (χ0) is 8.74. The lowest BCUT2D eigenvalue weighted by atomic mass is 9.93. The third-order valence-electron chi connectivity index (χ3n) is 2.09. The molecule has 0 radical (unpaired) electrons. The van der Waals surface area contributed by atoms with Gasteiger partial charge in [0.05, 0.1) is 0 Å². The predicted molar refractivity (Wildman–Crippen MR) is 53.3 cm³/mol. The number of hydrogen-bond acceptors (Lipinski definition) is 0. The zero-order valence-corrected chi connectivity index (χ0v) is 8.88. The molecule has 0 nitrogen and oxygen atoms in total. The van der Waals surface area contributed by atoms with Crippen LogP contribution in [0, 0.1) is 0 Å². The molecular weight excluding hydrogens is 156 g/mol. The molecule has 0 aliphatic rings. The molecule has 0 saturated heterocycles. The molecule has 0 fully saturated rings. The van der Waals surface area contributed by atoms with E-state index in [1.165, 1.54) is 38.5 Å². The van der Waals surface area contributed by atoms with Crippen molar-refractivity contribution in [1.29, 1.82) is 0 Å². The van der Waals surface area contributed by atoms with E-state index in [1.54, 1.807) is 0 Å². The summed E-state index contributed by atoms with van der Waals surface area (Å²) in [5.41, 5.74) is 0. The first-order valence-electron chi connectivity index (χ1n) is 4.87. The highest BCUT2D eigenvalue weighted by molar-refractivity contribution is 6.23. The molecule has 0 heterocycles. The van der Waals surface area contributed by atoms with Crippen molar-refractivity contribution in [3.63, 3.8) is 0 Å². The minimum Gasteiger partial charge on any atom is -0.119 e. The summed E-state index contributed by atoms with van der Waals surface area (Å²) in [5.74, 6) is 0. The van der Waals surface area contributed by atoms with Crippen molar-refractivity contribution in [3.8, 4) is 0 Å². The predicted octanol–water partition coefficient (Wildman–Crippen LogP) is 4.36. The molecule has 0 bridgehead atoms. The first kappa shape index (κ1) is 11.3. The zero-order valence-electron chi connectivity index (χ0n) is 8.12. The molecule has 68 valence electrons. The second-order valence-electron chi connectivity index (χ2n) is 3.40. The van der Waals surface area contributed by atoms with Gasteiger partial charge in [0.15, 0.2) is 0 Å². The van der Waals surface area contributed by atoms with Crippen LogP contribution in [0.4, 0.5) is 0 Å². The lowest BCUT2D eigenvalue weighted by molar-refractivity contribution is 0.444. The fraction of sp³-hybridized carbons (Fsp3) is 1.00. The highest BCUT2D eigenvalue weighted by Gasteiger charge is 2.23. The van der Waals surface area contributed by atoms with Gasteiger partial charge in [0.2, 0.25) is 0 Å². The molecule has 0 rings (SSSR count). The fourth-order valence-corrected chi connectivity index (χ4v) is 2.29.